The first-order valence-electron chi connectivity index (χ1n) is 15.1. The summed E-state index contributed by atoms with van der Waals surface area (Å²) in [6.45, 7) is 4.31. The molecule has 0 bridgehead atoms. The Morgan fingerprint density at radius 1 is 1.13 bits per heavy atom. The molecule has 10 nitrogen and oxygen atoms in total. The molecule has 2 aliphatic heterocycles. The Morgan fingerprint density at radius 2 is 1.80 bits per heavy atom. The second-order valence-electron chi connectivity index (χ2n) is 12.4. The molecule has 45 heavy (non-hydrogen) atoms. The first-order valence-corrected chi connectivity index (χ1v) is 15.1. The van der Waals surface area contributed by atoms with E-state index in [1.165, 1.54) is 12.1 Å². The number of halogens is 3. The molecule has 14 heteroatoms. The number of likely N-dealkylation sites (tertiary alicyclic amines) is 1. The summed E-state index contributed by atoms with van der Waals surface area (Å²) in [5.74, 6) is -1.17. The summed E-state index contributed by atoms with van der Waals surface area (Å²) in [6, 6.07) is 7.44. The Kier molecular flexibility index (Phi) is 10.8. The Balaban J connectivity index is 1.43. The molecule has 2 heterocycles. The molecular formula is C31H41BF3N5O5. The highest BCUT2D eigenvalue weighted by Gasteiger charge is 2.40. The topological polar surface area (TPSA) is 174 Å². The SMILES string of the molecule is CC1(C)OB(O)c2cc(CC(=O)[C@@H](CCc3ccc(C(F)(F)F)cc3)NC(=O)[C@@H](N)CCC(=O)N3C[C@@H](N)C[C@H]3CN)ccc21. The fraction of sp³-hybridized carbons (Fsp3) is 0.516. The monoisotopic (exact) mass is 631 g/mol. The number of nitrogens with two attached hydrogens (primary N) is 3. The van der Waals surface area contributed by atoms with Gasteiger partial charge in [0.15, 0.2) is 5.78 Å². The van der Waals surface area contributed by atoms with Gasteiger partial charge in [-0.25, -0.2) is 0 Å². The molecule has 4 rings (SSSR count). The molecule has 2 aromatic carbocycles. The number of ketones is 1. The second kappa shape index (κ2) is 14.0. The average Bonchev–Trinajstić information content (AvgIpc) is 3.47. The van der Waals surface area contributed by atoms with E-state index in [1.54, 1.807) is 23.1 Å². The lowest BCUT2D eigenvalue weighted by Gasteiger charge is -2.24. The van der Waals surface area contributed by atoms with Crippen molar-refractivity contribution in [1.82, 2.24) is 10.2 Å². The number of carbonyl (C=O) groups is 3. The van der Waals surface area contributed by atoms with Gasteiger partial charge >= 0.3 is 13.3 Å². The van der Waals surface area contributed by atoms with Crippen LogP contribution in [0.1, 0.15) is 61.8 Å². The summed E-state index contributed by atoms with van der Waals surface area (Å²) in [5, 5.41) is 13.1. The number of benzene rings is 2. The van der Waals surface area contributed by atoms with Gasteiger partial charge in [0, 0.05) is 38.0 Å². The van der Waals surface area contributed by atoms with Crippen molar-refractivity contribution in [3.05, 3.63) is 64.7 Å². The number of aryl methyl sites for hydroxylation is 1. The Hall–Kier alpha value is -3.30. The van der Waals surface area contributed by atoms with Crippen molar-refractivity contribution in [2.45, 2.75) is 88.3 Å². The average molecular weight is 632 g/mol. The third-order valence-corrected chi connectivity index (χ3v) is 8.57. The van der Waals surface area contributed by atoms with Crippen LogP contribution in [-0.4, -0.2) is 71.9 Å². The fourth-order valence-electron chi connectivity index (χ4n) is 6.00. The van der Waals surface area contributed by atoms with Crippen LogP contribution in [0.15, 0.2) is 42.5 Å². The van der Waals surface area contributed by atoms with Crippen LogP contribution in [-0.2, 0) is 43.7 Å². The number of alkyl halides is 3. The molecule has 0 saturated carbocycles. The summed E-state index contributed by atoms with van der Waals surface area (Å²) in [4.78, 5) is 41.1. The first kappa shape index (κ1) is 34.6. The molecule has 2 aromatic rings. The van der Waals surface area contributed by atoms with Crippen LogP contribution in [0.25, 0.3) is 0 Å². The van der Waals surface area contributed by atoms with Crippen LogP contribution in [0.4, 0.5) is 13.2 Å². The molecule has 0 aliphatic carbocycles. The summed E-state index contributed by atoms with van der Waals surface area (Å²) in [6.07, 6.45) is -3.60. The molecule has 0 aromatic heterocycles. The zero-order chi connectivity index (χ0) is 33.1. The van der Waals surface area contributed by atoms with E-state index >= 15 is 0 Å². The summed E-state index contributed by atoms with van der Waals surface area (Å²) in [5.41, 5.74) is 18.9. The van der Waals surface area contributed by atoms with Gasteiger partial charge in [-0.3, -0.25) is 14.4 Å². The number of fused-ring (bicyclic) bond motifs is 1. The van der Waals surface area contributed by atoms with Gasteiger partial charge in [-0.2, -0.15) is 13.2 Å². The van der Waals surface area contributed by atoms with Crippen LogP contribution >= 0.6 is 0 Å². The zero-order valence-electron chi connectivity index (χ0n) is 25.5. The maximum atomic E-state index is 13.5. The van der Waals surface area contributed by atoms with Crippen molar-refractivity contribution in [3.63, 3.8) is 0 Å². The summed E-state index contributed by atoms with van der Waals surface area (Å²) in [7, 11) is -1.14. The van der Waals surface area contributed by atoms with E-state index in [2.05, 4.69) is 5.32 Å². The molecule has 0 spiro atoms. The van der Waals surface area contributed by atoms with E-state index in [0.717, 1.165) is 17.7 Å². The minimum absolute atomic E-state index is 0.00214. The molecular weight excluding hydrogens is 590 g/mol. The maximum Gasteiger partial charge on any atom is 0.492 e. The number of Topliss-reactive ketones (excluding diaryl/α,β-unsaturated/α-hetero) is 1. The predicted molar refractivity (Wildman–Crippen MR) is 163 cm³/mol. The van der Waals surface area contributed by atoms with Crippen molar-refractivity contribution >= 4 is 30.2 Å². The molecule has 0 unspecified atom stereocenters. The molecule has 1 saturated heterocycles. The maximum absolute atomic E-state index is 13.5. The fourth-order valence-corrected chi connectivity index (χ4v) is 6.00. The minimum Gasteiger partial charge on any atom is -0.423 e. The molecule has 8 N–H and O–H groups in total. The smallest absolute Gasteiger partial charge is 0.423 e. The van der Waals surface area contributed by atoms with E-state index in [9.17, 15) is 32.6 Å². The lowest BCUT2D eigenvalue weighted by Crippen LogP contribution is -2.49. The second-order valence-corrected chi connectivity index (χ2v) is 12.4. The van der Waals surface area contributed by atoms with Gasteiger partial charge in [0.25, 0.3) is 0 Å². The highest BCUT2D eigenvalue weighted by atomic mass is 19.4. The Bertz CT molecular complexity index is 1390. The predicted octanol–water partition coefficient (Wildman–Crippen LogP) is 0.882. The largest absolute Gasteiger partial charge is 0.492 e. The van der Waals surface area contributed by atoms with Crippen LogP contribution in [0.3, 0.4) is 0 Å². The number of hydrogen-bond donors (Lipinski definition) is 5. The molecule has 1 fully saturated rings. The summed E-state index contributed by atoms with van der Waals surface area (Å²) >= 11 is 0. The lowest BCUT2D eigenvalue weighted by atomic mass is 9.77. The molecule has 244 valence electrons. The number of amides is 2. The standard InChI is InChI=1S/C31H41BF3N5O5/c1-30(2)23-9-5-19(13-24(23)32(44)45-30)14-27(41)26(11-6-18-3-7-20(8-4-18)31(33,34)35)39-29(43)25(38)10-12-28(42)40-17-21(37)15-22(40)16-36/h3-5,7-9,13,21-22,25-26,44H,6,10-12,14-17,36-38H2,1-2H3,(H,39,43)/t21-,22-,25-,26+/m0/s1. The molecule has 4 atom stereocenters. The third kappa shape index (κ3) is 8.50. The van der Waals surface area contributed by atoms with Gasteiger partial charge in [0.05, 0.1) is 23.2 Å². The molecule has 0 radical (unpaired) electrons. The van der Waals surface area contributed by atoms with Crippen molar-refractivity contribution in [1.29, 1.82) is 0 Å². The van der Waals surface area contributed by atoms with Crippen LogP contribution in [0.5, 0.6) is 0 Å². The van der Waals surface area contributed by atoms with Gasteiger partial charge < -0.3 is 37.1 Å². The van der Waals surface area contributed by atoms with E-state index in [1.807, 2.05) is 13.8 Å². The van der Waals surface area contributed by atoms with Gasteiger partial charge in [-0.05, 0) is 73.8 Å². The third-order valence-electron chi connectivity index (χ3n) is 8.57. The lowest BCUT2D eigenvalue weighted by molar-refractivity contribution is -0.137. The van der Waals surface area contributed by atoms with Crippen molar-refractivity contribution < 1.29 is 37.2 Å². The first-order chi connectivity index (χ1) is 21.1. The van der Waals surface area contributed by atoms with Gasteiger partial charge in [0.1, 0.15) is 0 Å². The van der Waals surface area contributed by atoms with Gasteiger partial charge in [0.2, 0.25) is 11.8 Å². The minimum atomic E-state index is -4.47. The van der Waals surface area contributed by atoms with E-state index in [-0.39, 0.29) is 62.4 Å². The normalized spacial score (nSPS) is 20.6. The van der Waals surface area contributed by atoms with E-state index in [4.69, 9.17) is 21.9 Å². The van der Waals surface area contributed by atoms with Crippen molar-refractivity contribution in [2.75, 3.05) is 13.1 Å². The summed E-state index contributed by atoms with van der Waals surface area (Å²) < 4.78 is 44.6. The zero-order valence-corrected chi connectivity index (χ0v) is 25.5. The van der Waals surface area contributed by atoms with Crippen molar-refractivity contribution in [3.8, 4) is 0 Å². The Labute approximate surface area is 261 Å². The van der Waals surface area contributed by atoms with E-state index < -0.39 is 42.5 Å². The number of rotatable bonds is 12. The molecule has 2 aliphatic rings. The van der Waals surface area contributed by atoms with Crippen LogP contribution in [0.2, 0.25) is 0 Å². The van der Waals surface area contributed by atoms with Crippen LogP contribution < -0.4 is 28.0 Å². The Morgan fingerprint density at radius 3 is 2.44 bits per heavy atom. The number of hydrogen-bond acceptors (Lipinski definition) is 8. The highest BCUT2D eigenvalue weighted by molar-refractivity contribution is 6.62. The van der Waals surface area contributed by atoms with Crippen molar-refractivity contribution in [2.24, 2.45) is 17.2 Å². The quantitative estimate of drug-likeness (QED) is 0.215. The van der Waals surface area contributed by atoms with Gasteiger partial charge in [-0.15, -0.1) is 0 Å². The number of nitrogens with one attached hydrogen (secondary N) is 1. The van der Waals surface area contributed by atoms with Gasteiger partial charge in [-0.1, -0.05) is 30.3 Å². The highest BCUT2D eigenvalue weighted by Crippen LogP contribution is 2.31. The van der Waals surface area contributed by atoms with Crippen LogP contribution in [0, 0.1) is 0 Å². The molecule has 2 amide bonds. The number of nitrogens with zero attached hydrogens (tertiary/aromatic N) is 1. The van der Waals surface area contributed by atoms with E-state index in [0.29, 0.717) is 29.6 Å². The number of carbonyl (C=O) groups excluding carboxylic acids is 3.